The molecule has 2 aliphatic heterocycles. The number of aromatic nitrogens is 4. The third-order valence-corrected chi connectivity index (χ3v) is 15.5. The van der Waals surface area contributed by atoms with Crippen LogP contribution in [0.5, 0.6) is 0 Å². The Balaban J connectivity index is 0.962. The van der Waals surface area contributed by atoms with Crippen LogP contribution in [-0.4, -0.2) is 117 Å². The number of rotatable bonds is 14. The third-order valence-electron chi connectivity index (χ3n) is 14.2. The summed E-state index contributed by atoms with van der Waals surface area (Å²) >= 11 is 3.00. The van der Waals surface area contributed by atoms with Gasteiger partial charge in [-0.05, 0) is 131 Å². The molecule has 4 heterocycles. The van der Waals surface area contributed by atoms with Gasteiger partial charge in [0.25, 0.3) is 12.2 Å². The smallest absolute Gasteiger partial charge is 0.407 e. The maximum atomic E-state index is 14.2. The Morgan fingerprint density at radius 3 is 1.42 bits per heavy atom. The van der Waals surface area contributed by atoms with E-state index < -0.39 is 60.3 Å². The van der Waals surface area contributed by atoms with Crippen LogP contribution in [0.4, 0.5) is 27.2 Å². The van der Waals surface area contributed by atoms with E-state index in [1.807, 2.05) is 48.9 Å². The number of fused-ring (bicyclic) bond motifs is 2. The molecule has 74 heavy (non-hydrogen) atoms. The second-order valence-electron chi connectivity index (χ2n) is 18.7. The zero-order valence-corrected chi connectivity index (χ0v) is 42.9. The molecule has 4 N–H and O–H groups in total. The van der Waals surface area contributed by atoms with Gasteiger partial charge >= 0.3 is 12.2 Å². The summed E-state index contributed by atoms with van der Waals surface area (Å²) in [7, 11) is 2.40. The van der Waals surface area contributed by atoms with Crippen LogP contribution in [0, 0.1) is 0 Å². The van der Waals surface area contributed by atoms with Gasteiger partial charge in [0.15, 0.2) is 0 Å². The van der Waals surface area contributed by atoms with Gasteiger partial charge < -0.3 is 39.9 Å². The number of amides is 4. The molecule has 4 aliphatic carbocycles. The Morgan fingerprint density at radius 1 is 0.622 bits per heavy atom. The number of methoxy groups -OCH3 is 2. The van der Waals surface area contributed by atoms with E-state index in [9.17, 15) is 36.7 Å². The molecule has 12 rings (SSSR count). The summed E-state index contributed by atoms with van der Waals surface area (Å²) in [4.78, 5) is 71.4. The quantitative estimate of drug-likeness (QED) is 0.0769. The van der Waals surface area contributed by atoms with E-state index in [0.717, 1.165) is 70.2 Å². The minimum absolute atomic E-state index is 0.103. The molecule has 2 fully saturated rings. The summed E-state index contributed by atoms with van der Waals surface area (Å²) in [6.07, 6.45) is 1.81. The number of carbonyl (C=O) groups excluding carboxylic acids is 4. The van der Waals surface area contributed by atoms with E-state index in [-0.39, 0.29) is 49.9 Å². The molecule has 2 saturated heterocycles. The fraction of sp³-hybridized carbons (Fsp3) is 0.370. The normalized spacial score (nSPS) is 17.4. The number of H-pyrrole nitrogens is 2. The van der Waals surface area contributed by atoms with Crippen LogP contribution in [0.1, 0.15) is 71.7 Å². The summed E-state index contributed by atoms with van der Waals surface area (Å²) in [6.45, 7) is -0.577. The third kappa shape index (κ3) is 11.2. The zero-order valence-electron chi connectivity index (χ0n) is 41.3. The minimum Gasteiger partial charge on any atom is -0.453 e. The van der Waals surface area contributed by atoms with E-state index in [1.54, 1.807) is 0 Å². The first-order valence-electron chi connectivity index (χ1n) is 24.3. The lowest BCUT2D eigenvalue weighted by Crippen LogP contribution is -2.48. The first kappa shape index (κ1) is 52.1. The minimum atomic E-state index is -1.84. The SMILES string of the molecule is COC(=O)N[C@@H](CCSC)C(=O)N1CC(=C(F)F)C[C@H]1c1nc2ccc(-c3cc4ccc3CCc3ccc(c(-c5ccc6nc([C@@H]7CC(=C(F)F)CN7C(=O)[C@H](CCSC)NC(=O)OC)[nH]c6c5)c3)CC4)cc2[nH]1. The van der Waals surface area contributed by atoms with E-state index in [0.29, 0.717) is 45.2 Å². The molecule has 0 spiro atoms. The number of likely N-dealkylation sites (tertiary alicyclic amines) is 2. The number of carbonyl (C=O) groups is 4. The average Bonchev–Trinajstić information content (AvgIpc) is 4.23. The van der Waals surface area contributed by atoms with Gasteiger partial charge in [0.05, 0.1) is 48.4 Å². The summed E-state index contributed by atoms with van der Waals surface area (Å²) in [5, 5.41) is 5.18. The lowest BCUT2D eigenvalue weighted by atomic mass is 9.87. The number of ether oxygens (including phenoxy) is 2. The van der Waals surface area contributed by atoms with Gasteiger partial charge in [-0.15, -0.1) is 0 Å². The molecule has 4 aromatic carbocycles. The van der Waals surface area contributed by atoms with Crippen LogP contribution in [0.15, 0.2) is 96.1 Å². The molecular weight excluding hydrogens is 997 g/mol. The van der Waals surface area contributed by atoms with Gasteiger partial charge in [-0.1, -0.05) is 48.5 Å². The number of benzene rings is 4. The lowest BCUT2D eigenvalue weighted by Gasteiger charge is -2.27. The predicted octanol–water partition coefficient (Wildman–Crippen LogP) is 10.5. The van der Waals surface area contributed by atoms with Gasteiger partial charge in [-0.25, -0.2) is 19.6 Å². The Labute approximate surface area is 433 Å². The average molecular weight is 1050 g/mol. The molecule has 6 aromatic rings. The molecule has 14 nitrogen and oxygen atoms in total. The standard InChI is InChI=1S/C54H56F4N8O6S2/c1-71-53(69)63-41(17-19-73-3)51(67)65-27-35(47(55)56)25-45(65)49-59-39-15-13-33(23-43(39)61-49)37-21-29-5-9-31(37)11-7-30-6-10-32(12-8-29)38(22-30)34-14-16-40-44(24-34)62-50(60-40)46-26-36(48(57)58)28-66(46)52(68)42(18-20-74-4)64-54(70)72-2/h5-6,9-10,13-16,21-24,41-42,45-46H,7-8,11-12,17-20,25-28H2,1-4H3,(H,59,61)(H,60,62)(H,63,69)(H,64,70)/t41-,42-,45-,46-/m0/s1. The van der Waals surface area contributed by atoms with Crippen molar-refractivity contribution < 1.29 is 46.2 Å². The van der Waals surface area contributed by atoms with Crippen LogP contribution in [-0.2, 0) is 44.7 Å². The topological polar surface area (TPSA) is 175 Å². The number of nitrogens with zero attached hydrogens (tertiary/aromatic N) is 4. The highest BCUT2D eigenvalue weighted by atomic mass is 32.2. The number of thioether (sulfide) groups is 2. The Kier molecular flexibility index (Phi) is 16.0. The zero-order chi connectivity index (χ0) is 52.2. The van der Waals surface area contributed by atoms with Gasteiger partial charge in [0.1, 0.15) is 23.7 Å². The molecule has 4 atom stereocenters. The number of halogens is 4. The number of imidazole rings is 2. The highest BCUT2D eigenvalue weighted by Crippen LogP contribution is 2.41. The van der Waals surface area contributed by atoms with Crippen molar-refractivity contribution in [1.29, 1.82) is 0 Å². The lowest BCUT2D eigenvalue weighted by molar-refractivity contribution is -0.135. The van der Waals surface area contributed by atoms with Crippen molar-refractivity contribution in [2.75, 3.05) is 51.3 Å². The Hall–Kier alpha value is -6.80. The number of hydrogen-bond acceptors (Lipinski definition) is 10. The van der Waals surface area contributed by atoms with Crippen LogP contribution < -0.4 is 10.6 Å². The molecule has 2 aromatic heterocycles. The van der Waals surface area contributed by atoms with Crippen molar-refractivity contribution in [2.24, 2.45) is 0 Å². The van der Waals surface area contributed by atoms with Crippen LogP contribution in [0.2, 0.25) is 0 Å². The van der Waals surface area contributed by atoms with Gasteiger partial charge in [0.2, 0.25) is 11.8 Å². The van der Waals surface area contributed by atoms with Crippen molar-refractivity contribution in [3.8, 4) is 22.3 Å². The molecule has 4 bridgehead atoms. The maximum absolute atomic E-state index is 14.2. The van der Waals surface area contributed by atoms with Crippen LogP contribution >= 0.6 is 23.5 Å². The van der Waals surface area contributed by atoms with Crippen molar-refractivity contribution >= 4 is 69.6 Å². The molecule has 0 saturated carbocycles. The van der Waals surface area contributed by atoms with E-state index in [4.69, 9.17) is 19.4 Å². The Morgan fingerprint density at radius 2 is 1.04 bits per heavy atom. The first-order chi connectivity index (χ1) is 35.7. The van der Waals surface area contributed by atoms with Crippen molar-refractivity contribution in [1.82, 2.24) is 40.4 Å². The fourth-order valence-electron chi connectivity index (χ4n) is 10.3. The molecule has 0 unspecified atom stereocenters. The molecular formula is C54H56F4N8O6S2. The van der Waals surface area contributed by atoms with Crippen molar-refractivity contribution in [3.05, 3.63) is 130 Å². The highest BCUT2D eigenvalue weighted by molar-refractivity contribution is 7.98. The van der Waals surface area contributed by atoms with Crippen molar-refractivity contribution in [3.63, 3.8) is 0 Å². The summed E-state index contributed by atoms with van der Waals surface area (Å²) in [6, 6.07) is 21.5. The number of aromatic amines is 2. The number of hydrogen-bond donors (Lipinski definition) is 4. The van der Waals surface area contributed by atoms with Crippen LogP contribution in [0.3, 0.4) is 0 Å². The first-order valence-corrected chi connectivity index (χ1v) is 27.1. The fourth-order valence-corrected chi connectivity index (χ4v) is 11.2. The van der Waals surface area contributed by atoms with Gasteiger partial charge in [-0.3, -0.25) is 9.59 Å². The maximum Gasteiger partial charge on any atom is 0.407 e. The van der Waals surface area contributed by atoms with Gasteiger partial charge in [-0.2, -0.15) is 41.1 Å². The predicted molar refractivity (Wildman–Crippen MR) is 279 cm³/mol. The van der Waals surface area contributed by atoms with Crippen molar-refractivity contribution in [2.45, 2.75) is 75.5 Å². The second kappa shape index (κ2) is 22.8. The molecule has 0 radical (unpaired) electrons. The summed E-state index contributed by atoms with van der Waals surface area (Å²) in [5.74, 6) is 0.877. The monoisotopic (exact) mass is 1050 g/mol. The van der Waals surface area contributed by atoms with E-state index in [1.165, 1.54) is 47.5 Å². The Bertz CT molecular complexity index is 2980. The van der Waals surface area contributed by atoms with Crippen LogP contribution in [0.25, 0.3) is 44.3 Å². The highest BCUT2D eigenvalue weighted by Gasteiger charge is 2.41. The van der Waals surface area contributed by atoms with Gasteiger partial charge in [0, 0.05) is 37.1 Å². The molecule has 20 heteroatoms. The second-order valence-corrected chi connectivity index (χ2v) is 20.7. The number of aryl methyl sites for hydroxylation is 4. The largest absolute Gasteiger partial charge is 0.453 e. The van der Waals surface area contributed by atoms with E-state index in [2.05, 4.69) is 57.0 Å². The summed E-state index contributed by atoms with van der Waals surface area (Å²) < 4.78 is 66.2. The molecule has 388 valence electrons. The van der Waals surface area contributed by atoms with E-state index >= 15 is 0 Å². The molecule has 4 amide bonds. The number of alkyl carbamates (subject to hydrolysis) is 2. The number of nitrogens with one attached hydrogen (secondary N) is 4. The molecule has 6 aliphatic rings. The summed E-state index contributed by atoms with van der Waals surface area (Å²) in [5.41, 5.74) is 10.9.